The third kappa shape index (κ3) is 3.58. The molecule has 4 aromatic rings. The fourth-order valence-electron chi connectivity index (χ4n) is 4.01. The van der Waals surface area contributed by atoms with Crippen LogP contribution in [0.3, 0.4) is 0 Å². The number of aryl methyl sites for hydroxylation is 1. The molecular formula is C20H21F2N7O. The summed E-state index contributed by atoms with van der Waals surface area (Å²) in [6.45, 7) is -0.723. The van der Waals surface area contributed by atoms with Crippen LogP contribution in [0.4, 0.5) is 14.7 Å². The number of aromatic nitrogens is 6. The molecule has 1 aliphatic carbocycles. The van der Waals surface area contributed by atoms with E-state index in [1.54, 1.807) is 23.1 Å². The zero-order valence-electron chi connectivity index (χ0n) is 16.4. The van der Waals surface area contributed by atoms with E-state index in [0.717, 1.165) is 35.2 Å². The third-order valence-corrected chi connectivity index (χ3v) is 5.58. The van der Waals surface area contributed by atoms with E-state index in [4.69, 9.17) is 0 Å². The molecule has 4 heterocycles. The number of hydrogen-bond acceptors (Lipinski definition) is 6. The van der Waals surface area contributed by atoms with Crippen molar-refractivity contribution in [2.75, 3.05) is 5.32 Å². The largest absolute Gasteiger partial charge is 0.350 e. The Morgan fingerprint density at radius 1 is 1.10 bits per heavy atom. The van der Waals surface area contributed by atoms with Gasteiger partial charge in [-0.15, -0.1) is 5.10 Å². The van der Waals surface area contributed by atoms with Crippen molar-refractivity contribution in [3.63, 3.8) is 0 Å². The van der Waals surface area contributed by atoms with Crippen LogP contribution in [0, 0.1) is 6.92 Å². The van der Waals surface area contributed by atoms with Gasteiger partial charge in [0, 0.05) is 41.5 Å². The maximum atomic E-state index is 12.3. The number of halogens is 2. The number of alkyl halides is 2. The van der Waals surface area contributed by atoms with Gasteiger partial charge >= 0.3 is 6.61 Å². The van der Waals surface area contributed by atoms with Crippen LogP contribution in [-0.4, -0.2) is 47.7 Å². The maximum absolute atomic E-state index is 12.3. The average Bonchev–Trinajstić information content (AvgIpc) is 3.32. The zero-order chi connectivity index (χ0) is 20.7. The molecule has 0 atom stereocenters. The van der Waals surface area contributed by atoms with Crippen molar-refractivity contribution < 1.29 is 13.5 Å². The highest BCUT2D eigenvalue weighted by Crippen LogP contribution is 2.27. The van der Waals surface area contributed by atoms with E-state index < -0.39 is 6.61 Å². The predicted octanol–water partition coefficient (Wildman–Crippen LogP) is 3.71. The predicted molar refractivity (Wildman–Crippen MR) is 106 cm³/mol. The van der Waals surface area contributed by atoms with Gasteiger partial charge in [0.15, 0.2) is 0 Å². The molecule has 156 valence electrons. The van der Waals surface area contributed by atoms with Gasteiger partial charge in [-0.1, -0.05) is 0 Å². The second kappa shape index (κ2) is 7.60. The van der Waals surface area contributed by atoms with Gasteiger partial charge in [-0.05, 0) is 38.7 Å². The van der Waals surface area contributed by atoms with E-state index in [2.05, 4.69) is 30.1 Å². The van der Waals surface area contributed by atoms with E-state index in [-0.39, 0.29) is 12.1 Å². The van der Waals surface area contributed by atoms with E-state index in [1.807, 2.05) is 29.8 Å². The second-order valence-corrected chi connectivity index (χ2v) is 7.57. The highest BCUT2D eigenvalue weighted by molar-refractivity contribution is 5.79. The molecule has 4 aromatic heterocycles. The van der Waals surface area contributed by atoms with E-state index in [9.17, 15) is 8.78 Å². The quantitative estimate of drug-likeness (QED) is 0.537. The smallest absolute Gasteiger partial charge is 0.345 e. The SMILES string of the molecule is Cc1cnc2ncc(-c3ccn4nc(NC5CCC(OC(F)F)CC5)ncc34)cn12. The summed E-state index contributed by atoms with van der Waals surface area (Å²) in [6.07, 6.45) is 11.6. The Hall–Kier alpha value is -3.14. The van der Waals surface area contributed by atoms with Gasteiger partial charge < -0.3 is 10.1 Å². The molecule has 0 aromatic carbocycles. The molecule has 30 heavy (non-hydrogen) atoms. The van der Waals surface area contributed by atoms with Crippen LogP contribution in [0.2, 0.25) is 0 Å². The molecule has 0 saturated heterocycles. The summed E-state index contributed by atoms with van der Waals surface area (Å²) >= 11 is 0. The molecule has 1 fully saturated rings. The fraction of sp³-hybridized carbons (Fsp3) is 0.400. The van der Waals surface area contributed by atoms with E-state index >= 15 is 0 Å². The van der Waals surface area contributed by atoms with Crippen molar-refractivity contribution >= 4 is 17.2 Å². The van der Waals surface area contributed by atoms with Crippen molar-refractivity contribution in [3.8, 4) is 11.1 Å². The van der Waals surface area contributed by atoms with Gasteiger partial charge in [0.2, 0.25) is 11.7 Å². The Bertz CT molecular complexity index is 1180. The molecule has 5 rings (SSSR count). The summed E-state index contributed by atoms with van der Waals surface area (Å²) < 4.78 is 33.0. The molecule has 8 nitrogen and oxygen atoms in total. The van der Waals surface area contributed by atoms with Crippen LogP contribution in [0.25, 0.3) is 22.4 Å². The Morgan fingerprint density at radius 3 is 2.70 bits per heavy atom. The van der Waals surface area contributed by atoms with Crippen LogP contribution in [-0.2, 0) is 4.74 Å². The monoisotopic (exact) mass is 413 g/mol. The Balaban J connectivity index is 1.33. The standard InChI is InChI=1S/C20H21F2N7O/c1-12-8-24-20-25-9-13(11-28(12)20)16-6-7-29-17(16)10-23-19(27-29)26-14-2-4-15(5-3-14)30-18(21)22/h6-11,14-15,18H,2-5H2,1H3,(H,26,27). The molecule has 0 unspecified atom stereocenters. The van der Waals surface area contributed by atoms with Gasteiger partial charge in [-0.2, -0.15) is 8.78 Å². The van der Waals surface area contributed by atoms with E-state index in [0.29, 0.717) is 24.6 Å². The lowest BCUT2D eigenvalue weighted by Gasteiger charge is -2.28. The van der Waals surface area contributed by atoms with Gasteiger partial charge in [-0.3, -0.25) is 4.40 Å². The molecule has 1 aliphatic rings. The van der Waals surface area contributed by atoms with Crippen LogP contribution >= 0.6 is 0 Å². The van der Waals surface area contributed by atoms with E-state index in [1.165, 1.54) is 0 Å². The molecule has 1 N–H and O–H groups in total. The van der Waals surface area contributed by atoms with Crippen LogP contribution in [0.5, 0.6) is 0 Å². The fourth-order valence-corrected chi connectivity index (χ4v) is 4.01. The number of imidazole rings is 1. The number of ether oxygens (including phenoxy) is 1. The number of rotatable bonds is 5. The summed E-state index contributed by atoms with van der Waals surface area (Å²) in [7, 11) is 0. The summed E-state index contributed by atoms with van der Waals surface area (Å²) in [6, 6.07) is 2.13. The van der Waals surface area contributed by atoms with Gasteiger partial charge in [0.1, 0.15) is 0 Å². The Labute approximate surface area is 170 Å². The molecule has 0 aliphatic heterocycles. The summed E-state index contributed by atoms with van der Waals surface area (Å²) in [5.74, 6) is 1.18. The highest BCUT2D eigenvalue weighted by atomic mass is 19.3. The zero-order valence-corrected chi connectivity index (χ0v) is 16.4. The van der Waals surface area contributed by atoms with Crippen molar-refractivity contribution in [1.82, 2.24) is 29.0 Å². The summed E-state index contributed by atoms with van der Waals surface area (Å²) in [5.41, 5.74) is 3.81. The molecular weight excluding hydrogens is 392 g/mol. The topological polar surface area (TPSA) is 81.6 Å². The Kier molecular flexibility index (Phi) is 4.78. The average molecular weight is 413 g/mol. The summed E-state index contributed by atoms with van der Waals surface area (Å²) in [5, 5.41) is 7.87. The van der Waals surface area contributed by atoms with Crippen molar-refractivity contribution in [1.29, 1.82) is 0 Å². The first-order valence-corrected chi connectivity index (χ1v) is 9.91. The normalized spacial score (nSPS) is 19.7. The molecule has 1 saturated carbocycles. The van der Waals surface area contributed by atoms with Crippen LogP contribution in [0.15, 0.2) is 37.1 Å². The van der Waals surface area contributed by atoms with Crippen molar-refractivity contribution in [3.05, 3.63) is 42.7 Å². The van der Waals surface area contributed by atoms with Gasteiger partial charge in [0.05, 0.1) is 24.0 Å². The van der Waals surface area contributed by atoms with Crippen LogP contribution < -0.4 is 5.32 Å². The van der Waals surface area contributed by atoms with Gasteiger partial charge in [0.25, 0.3) is 0 Å². The number of hydrogen-bond donors (Lipinski definition) is 1. The third-order valence-electron chi connectivity index (χ3n) is 5.58. The maximum Gasteiger partial charge on any atom is 0.345 e. The lowest BCUT2D eigenvalue weighted by Crippen LogP contribution is -2.31. The molecule has 0 amide bonds. The summed E-state index contributed by atoms with van der Waals surface area (Å²) in [4.78, 5) is 13.1. The minimum absolute atomic E-state index is 0.144. The first kappa shape index (κ1) is 18.9. The molecule has 10 heteroatoms. The number of nitrogens with zero attached hydrogens (tertiary/aromatic N) is 6. The Morgan fingerprint density at radius 2 is 1.90 bits per heavy atom. The highest BCUT2D eigenvalue weighted by Gasteiger charge is 2.24. The first-order chi connectivity index (χ1) is 14.6. The minimum atomic E-state index is -2.71. The van der Waals surface area contributed by atoms with Crippen LogP contribution in [0.1, 0.15) is 31.4 Å². The van der Waals surface area contributed by atoms with Crippen molar-refractivity contribution in [2.45, 2.75) is 51.4 Å². The number of anilines is 1. The lowest BCUT2D eigenvalue weighted by molar-refractivity contribution is -0.169. The minimum Gasteiger partial charge on any atom is -0.350 e. The molecule has 0 radical (unpaired) electrons. The van der Waals surface area contributed by atoms with Crippen molar-refractivity contribution in [2.24, 2.45) is 0 Å². The lowest BCUT2D eigenvalue weighted by atomic mass is 9.93. The molecule has 0 bridgehead atoms. The first-order valence-electron chi connectivity index (χ1n) is 9.91. The number of nitrogens with one attached hydrogen (secondary N) is 1. The molecule has 0 spiro atoms. The number of fused-ring (bicyclic) bond motifs is 2. The second-order valence-electron chi connectivity index (χ2n) is 7.57. The van der Waals surface area contributed by atoms with Gasteiger partial charge in [-0.25, -0.2) is 19.5 Å².